The first kappa shape index (κ1) is 21.0. The topological polar surface area (TPSA) is 88.6 Å². The molecule has 146 valence electrons. The molecule has 0 aliphatic rings. The van der Waals surface area contributed by atoms with Crippen molar-refractivity contribution in [2.24, 2.45) is 11.7 Å². The van der Waals surface area contributed by atoms with E-state index in [4.69, 9.17) is 21.8 Å². The molecule has 0 fully saturated rings. The Balaban J connectivity index is 2.18. The van der Waals surface area contributed by atoms with Crippen LogP contribution in [0.3, 0.4) is 0 Å². The van der Waals surface area contributed by atoms with Gasteiger partial charge in [-0.3, -0.25) is 9.59 Å². The maximum absolute atomic E-state index is 12.9. The summed E-state index contributed by atoms with van der Waals surface area (Å²) in [5, 5.41) is 3.18. The van der Waals surface area contributed by atoms with Crippen LogP contribution in [0.5, 0.6) is 0 Å². The molecule has 2 aromatic rings. The summed E-state index contributed by atoms with van der Waals surface area (Å²) >= 11 is 6.07. The van der Waals surface area contributed by atoms with Crippen molar-refractivity contribution in [1.29, 1.82) is 0 Å². The number of amides is 2. The van der Waals surface area contributed by atoms with E-state index in [0.29, 0.717) is 46.5 Å². The molecule has 0 spiro atoms. The Kier molecular flexibility index (Phi) is 7.05. The second kappa shape index (κ2) is 9.06. The number of nitrogens with one attached hydrogen (secondary N) is 1. The monoisotopic (exact) mass is 391 g/mol. The van der Waals surface area contributed by atoms with Gasteiger partial charge in [0.15, 0.2) is 0 Å². The molecule has 0 saturated heterocycles. The minimum atomic E-state index is -0.359. The SMILES string of the molecule is Cc1occc1C(=O)Nc1cc(Cl)ccc1C(=O)N(C)CCC(N)C(C)C. The summed E-state index contributed by atoms with van der Waals surface area (Å²) in [5.74, 6) is 0.281. The number of nitrogens with zero attached hydrogens (tertiary/aromatic N) is 1. The second-order valence-electron chi connectivity index (χ2n) is 6.96. The number of hydrogen-bond donors (Lipinski definition) is 2. The largest absolute Gasteiger partial charge is 0.469 e. The molecular formula is C20H26ClN3O3. The molecule has 0 bridgehead atoms. The van der Waals surface area contributed by atoms with Gasteiger partial charge < -0.3 is 20.4 Å². The van der Waals surface area contributed by atoms with Crippen molar-refractivity contribution >= 4 is 29.1 Å². The van der Waals surface area contributed by atoms with Gasteiger partial charge in [-0.15, -0.1) is 0 Å². The lowest BCUT2D eigenvalue weighted by Gasteiger charge is -2.22. The van der Waals surface area contributed by atoms with Gasteiger partial charge in [0.2, 0.25) is 0 Å². The lowest BCUT2D eigenvalue weighted by atomic mass is 10.0. The maximum Gasteiger partial charge on any atom is 0.259 e. The fraction of sp³-hybridized carbons (Fsp3) is 0.400. The van der Waals surface area contributed by atoms with Crippen molar-refractivity contribution in [2.75, 3.05) is 18.9 Å². The molecule has 7 heteroatoms. The van der Waals surface area contributed by atoms with Crippen LogP contribution in [0.2, 0.25) is 5.02 Å². The Morgan fingerprint density at radius 3 is 2.56 bits per heavy atom. The number of carbonyl (C=O) groups excluding carboxylic acids is 2. The first-order chi connectivity index (χ1) is 12.7. The highest BCUT2D eigenvalue weighted by molar-refractivity contribution is 6.31. The molecular weight excluding hydrogens is 366 g/mol. The Morgan fingerprint density at radius 1 is 1.26 bits per heavy atom. The Labute approximate surface area is 164 Å². The van der Waals surface area contributed by atoms with Crippen LogP contribution in [0.15, 0.2) is 34.9 Å². The van der Waals surface area contributed by atoms with Crippen molar-refractivity contribution in [2.45, 2.75) is 33.2 Å². The maximum atomic E-state index is 12.9. The molecule has 2 amide bonds. The van der Waals surface area contributed by atoms with Gasteiger partial charge in [-0.05, 0) is 43.5 Å². The molecule has 0 aliphatic heterocycles. The highest BCUT2D eigenvalue weighted by Crippen LogP contribution is 2.24. The molecule has 1 heterocycles. The fourth-order valence-electron chi connectivity index (χ4n) is 2.60. The van der Waals surface area contributed by atoms with E-state index in [-0.39, 0.29) is 17.9 Å². The number of aryl methyl sites for hydroxylation is 1. The lowest BCUT2D eigenvalue weighted by Crippen LogP contribution is -2.35. The van der Waals surface area contributed by atoms with Gasteiger partial charge in [-0.2, -0.15) is 0 Å². The third-order valence-electron chi connectivity index (χ3n) is 4.56. The van der Waals surface area contributed by atoms with Crippen LogP contribution >= 0.6 is 11.6 Å². The number of hydrogen-bond acceptors (Lipinski definition) is 4. The molecule has 1 unspecified atom stereocenters. The molecule has 1 aromatic heterocycles. The number of benzene rings is 1. The van der Waals surface area contributed by atoms with Gasteiger partial charge >= 0.3 is 0 Å². The number of furan rings is 1. The van der Waals surface area contributed by atoms with Gasteiger partial charge in [-0.1, -0.05) is 25.4 Å². The van der Waals surface area contributed by atoms with Crippen LogP contribution in [0, 0.1) is 12.8 Å². The van der Waals surface area contributed by atoms with Crippen LogP contribution in [0.4, 0.5) is 5.69 Å². The normalized spacial score (nSPS) is 12.1. The molecule has 0 radical (unpaired) electrons. The Bertz CT molecular complexity index is 817. The van der Waals surface area contributed by atoms with Crippen LogP contribution in [0.25, 0.3) is 0 Å². The Hall–Kier alpha value is -2.31. The molecule has 1 aromatic carbocycles. The quantitative estimate of drug-likeness (QED) is 0.748. The van der Waals surface area contributed by atoms with Crippen LogP contribution in [0.1, 0.15) is 46.7 Å². The summed E-state index contributed by atoms with van der Waals surface area (Å²) in [4.78, 5) is 27.0. The number of rotatable bonds is 7. The van der Waals surface area contributed by atoms with E-state index in [2.05, 4.69) is 19.2 Å². The third-order valence-corrected chi connectivity index (χ3v) is 4.80. The summed E-state index contributed by atoms with van der Waals surface area (Å²) in [6.45, 7) is 6.33. The highest BCUT2D eigenvalue weighted by atomic mass is 35.5. The van der Waals surface area contributed by atoms with Crippen molar-refractivity contribution in [3.63, 3.8) is 0 Å². The average Bonchev–Trinajstić information content (AvgIpc) is 3.04. The number of halogens is 1. The minimum absolute atomic E-state index is 0.0220. The standard InChI is InChI=1S/C20H26ClN3O3/c1-12(2)17(22)7-9-24(4)20(26)16-6-5-14(21)11-18(16)23-19(25)15-8-10-27-13(15)3/h5-6,8,10-12,17H,7,9,22H2,1-4H3,(H,23,25). The van der Waals surface area contributed by atoms with Crippen molar-refractivity contribution in [1.82, 2.24) is 4.90 Å². The first-order valence-corrected chi connectivity index (χ1v) is 9.24. The molecule has 2 rings (SSSR count). The van der Waals surface area contributed by atoms with Crippen LogP contribution < -0.4 is 11.1 Å². The summed E-state index contributed by atoms with van der Waals surface area (Å²) < 4.78 is 5.16. The van der Waals surface area contributed by atoms with E-state index in [9.17, 15) is 9.59 Å². The van der Waals surface area contributed by atoms with E-state index in [0.717, 1.165) is 0 Å². The predicted octanol–water partition coefficient (Wildman–Crippen LogP) is 3.94. The summed E-state index contributed by atoms with van der Waals surface area (Å²) in [7, 11) is 1.72. The molecule has 3 N–H and O–H groups in total. The van der Waals surface area contributed by atoms with Crippen LogP contribution in [-0.2, 0) is 0 Å². The van der Waals surface area contributed by atoms with Gasteiger partial charge in [-0.25, -0.2) is 0 Å². The molecule has 0 aliphatic carbocycles. The third kappa shape index (κ3) is 5.34. The van der Waals surface area contributed by atoms with E-state index in [1.54, 1.807) is 43.1 Å². The predicted molar refractivity (Wildman–Crippen MR) is 107 cm³/mol. The fourth-order valence-corrected chi connectivity index (χ4v) is 2.77. The molecule has 6 nitrogen and oxygen atoms in total. The van der Waals surface area contributed by atoms with E-state index in [1.807, 2.05) is 0 Å². The molecule has 0 saturated carbocycles. The first-order valence-electron chi connectivity index (χ1n) is 8.86. The molecule has 1 atom stereocenters. The van der Waals surface area contributed by atoms with Crippen molar-refractivity contribution in [3.05, 3.63) is 52.4 Å². The number of nitrogens with two attached hydrogens (primary N) is 1. The lowest BCUT2D eigenvalue weighted by molar-refractivity contribution is 0.0790. The zero-order chi connectivity index (χ0) is 20.1. The second-order valence-corrected chi connectivity index (χ2v) is 7.39. The summed E-state index contributed by atoms with van der Waals surface area (Å²) in [5.41, 5.74) is 7.20. The number of carbonyl (C=O) groups is 2. The van der Waals surface area contributed by atoms with Gasteiger partial charge in [0.25, 0.3) is 11.8 Å². The van der Waals surface area contributed by atoms with E-state index in [1.165, 1.54) is 6.26 Å². The Morgan fingerprint density at radius 2 is 1.96 bits per heavy atom. The average molecular weight is 392 g/mol. The minimum Gasteiger partial charge on any atom is -0.469 e. The summed E-state index contributed by atoms with van der Waals surface area (Å²) in [6, 6.07) is 6.41. The smallest absolute Gasteiger partial charge is 0.259 e. The van der Waals surface area contributed by atoms with E-state index >= 15 is 0 Å². The van der Waals surface area contributed by atoms with Crippen molar-refractivity contribution in [3.8, 4) is 0 Å². The van der Waals surface area contributed by atoms with E-state index < -0.39 is 0 Å². The molecule has 27 heavy (non-hydrogen) atoms. The number of anilines is 1. The van der Waals surface area contributed by atoms with Crippen molar-refractivity contribution < 1.29 is 14.0 Å². The van der Waals surface area contributed by atoms with Gasteiger partial charge in [0.1, 0.15) is 5.76 Å². The zero-order valence-electron chi connectivity index (χ0n) is 16.1. The highest BCUT2D eigenvalue weighted by Gasteiger charge is 2.20. The van der Waals surface area contributed by atoms with Gasteiger partial charge in [0, 0.05) is 24.7 Å². The zero-order valence-corrected chi connectivity index (χ0v) is 16.8. The summed E-state index contributed by atoms with van der Waals surface area (Å²) in [6.07, 6.45) is 2.14. The van der Waals surface area contributed by atoms with Crippen LogP contribution in [-0.4, -0.2) is 36.3 Å². The van der Waals surface area contributed by atoms with Gasteiger partial charge in [0.05, 0.1) is 23.1 Å².